The van der Waals surface area contributed by atoms with E-state index in [-0.39, 0.29) is 6.07 Å². The third kappa shape index (κ3) is 2.04. The minimum Gasteiger partial charge on any atom is -0.478 e. The van der Waals surface area contributed by atoms with Crippen molar-refractivity contribution in [2.45, 2.75) is 0 Å². The molecular weight excluding hydrogens is 203 g/mol. The average Bonchev–Trinajstić information content (AvgIpc) is 2.01. The molecule has 1 aromatic rings. The molecule has 0 saturated carbocycles. The summed E-state index contributed by atoms with van der Waals surface area (Å²) in [6.45, 7) is -5.29. The Hall–Kier alpha value is -1.53. The van der Waals surface area contributed by atoms with Gasteiger partial charge in [0.1, 0.15) is 5.82 Å². The minimum absolute atomic E-state index is 0.184. The summed E-state index contributed by atoms with van der Waals surface area (Å²) in [4.78, 5) is 10.3. The van der Waals surface area contributed by atoms with Crippen LogP contribution in [-0.2, 0) is 0 Å². The first-order valence-corrected chi connectivity index (χ1v) is 3.55. The summed E-state index contributed by atoms with van der Waals surface area (Å²) in [5.41, 5.74) is -1.92. The molecule has 0 amide bonds. The third-order valence-electron chi connectivity index (χ3n) is 1.60. The predicted octanol–water partition coefficient (Wildman–Crippen LogP) is 1.58. The molecular formula is C7H4BF4O2-. The van der Waals surface area contributed by atoms with Crippen LogP contribution in [0, 0.1) is 5.82 Å². The van der Waals surface area contributed by atoms with Gasteiger partial charge in [-0.1, -0.05) is 12.1 Å². The van der Waals surface area contributed by atoms with Gasteiger partial charge in [-0.05, 0) is 6.07 Å². The van der Waals surface area contributed by atoms with Gasteiger partial charge in [-0.3, -0.25) is 0 Å². The number of halogens is 4. The van der Waals surface area contributed by atoms with Gasteiger partial charge in [-0.2, -0.15) is 0 Å². The van der Waals surface area contributed by atoms with E-state index in [1.54, 1.807) is 0 Å². The quantitative estimate of drug-likeness (QED) is 0.590. The maximum atomic E-state index is 12.8. The molecule has 1 N–H and O–H groups in total. The number of carboxylic acid groups (broad SMARTS) is 1. The van der Waals surface area contributed by atoms with Crippen LogP contribution in [0.4, 0.5) is 17.3 Å². The molecule has 0 atom stereocenters. The van der Waals surface area contributed by atoms with E-state index in [9.17, 15) is 22.1 Å². The minimum atomic E-state index is -5.29. The SMILES string of the molecule is O=C(O)c1ccc([B-](F)(F)F)cc1F. The summed E-state index contributed by atoms with van der Waals surface area (Å²) in [7, 11) is 0. The van der Waals surface area contributed by atoms with Crippen molar-refractivity contribution in [1.82, 2.24) is 0 Å². The maximum Gasteiger partial charge on any atom is 0.509 e. The van der Waals surface area contributed by atoms with E-state index in [1.165, 1.54) is 0 Å². The normalized spacial score (nSPS) is 11.4. The van der Waals surface area contributed by atoms with Crippen molar-refractivity contribution in [2.24, 2.45) is 0 Å². The Morgan fingerprint density at radius 1 is 1.29 bits per heavy atom. The van der Waals surface area contributed by atoms with E-state index in [0.717, 1.165) is 0 Å². The molecule has 0 spiro atoms. The summed E-state index contributed by atoms with van der Waals surface area (Å²) in [6, 6.07) is 1.33. The summed E-state index contributed by atoms with van der Waals surface area (Å²) >= 11 is 0. The highest BCUT2D eigenvalue weighted by Crippen LogP contribution is 2.12. The van der Waals surface area contributed by atoms with E-state index in [2.05, 4.69) is 0 Å². The van der Waals surface area contributed by atoms with E-state index in [4.69, 9.17) is 5.11 Å². The molecule has 0 aliphatic rings. The molecule has 7 heteroatoms. The zero-order chi connectivity index (χ0) is 10.9. The average molecular weight is 207 g/mol. The fourth-order valence-corrected chi connectivity index (χ4v) is 0.908. The molecule has 0 unspecified atom stereocenters. The molecule has 1 aromatic carbocycles. The lowest BCUT2D eigenvalue weighted by molar-refractivity contribution is 0.0692. The van der Waals surface area contributed by atoms with E-state index >= 15 is 0 Å². The third-order valence-corrected chi connectivity index (χ3v) is 1.60. The number of carboxylic acids is 1. The highest BCUT2D eigenvalue weighted by molar-refractivity contribution is 6.73. The highest BCUT2D eigenvalue weighted by Gasteiger charge is 2.26. The van der Waals surface area contributed by atoms with Crippen LogP contribution in [0.3, 0.4) is 0 Å². The Balaban J connectivity index is 3.20. The molecule has 14 heavy (non-hydrogen) atoms. The number of carbonyl (C=O) groups is 1. The zero-order valence-electron chi connectivity index (χ0n) is 6.68. The number of aromatic carboxylic acids is 1. The lowest BCUT2D eigenvalue weighted by atomic mass is 9.80. The fraction of sp³-hybridized carbons (Fsp3) is 0. The van der Waals surface area contributed by atoms with Gasteiger partial charge in [0.25, 0.3) is 0 Å². The number of benzene rings is 1. The second-order valence-electron chi connectivity index (χ2n) is 2.62. The molecule has 1 rings (SSSR count). The Bertz CT molecular complexity index is 374. The van der Waals surface area contributed by atoms with Crippen molar-refractivity contribution >= 4 is 18.4 Å². The van der Waals surface area contributed by atoms with Crippen LogP contribution in [-0.4, -0.2) is 18.1 Å². The Kier molecular flexibility index (Phi) is 2.50. The van der Waals surface area contributed by atoms with Crippen LogP contribution in [0.1, 0.15) is 10.4 Å². The highest BCUT2D eigenvalue weighted by atomic mass is 19.4. The van der Waals surface area contributed by atoms with E-state index in [0.29, 0.717) is 12.1 Å². The molecule has 0 bridgehead atoms. The smallest absolute Gasteiger partial charge is 0.478 e. The lowest BCUT2D eigenvalue weighted by Gasteiger charge is -2.14. The Labute approximate surface area is 76.2 Å². The first-order chi connectivity index (χ1) is 6.32. The first-order valence-electron chi connectivity index (χ1n) is 3.55. The summed E-state index contributed by atoms with van der Waals surface area (Å²) in [5.74, 6) is -2.97. The van der Waals surface area contributed by atoms with Gasteiger partial charge in [0, 0.05) is 0 Å². The Morgan fingerprint density at radius 3 is 2.21 bits per heavy atom. The molecule has 2 nitrogen and oxygen atoms in total. The molecule has 0 radical (unpaired) electrons. The second-order valence-corrected chi connectivity index (χ2v) is 2.62. The molecule has 0 fully saturated rings. The molecule has 0 aromatic heterocycles. The number of hydrogen-bond donors (Lipinski definition) is 1. The van der Waals surface area contributed by atoms with Crippen molar-refractivity contribution in [3.05, 3.63) is 29.6 Å². The number of rotatable bonds is 2. The lowest BCUT2D eigenvalue weighted by Crippen LogP contribution is -2.34. The fourth-order valence-electron chi connectivity index (χ4n) is 0.908. The van der Waals surface area contributed by atoms with Crippen LogP contribution < -0.4 is 5.46 Å². The van der Waals surface area contributed by atoms with Crippen molar-refractivity contribution in [3.63, 3.8) is 0 Å². The molecule has 76 valence electrons. The number of hydrogen-bond acceptors (Lipinski definition) is 1. The van der Waals surface area contributed by atoms with Crippen LogP contribution >= 0.6 is 0 Å². The maximum absolute atomic E-state index is 12.8. The monoisotopic (exact) mass is 207 g/mol. The van der Waals surface area contributed by atoms with E-state index < -0.39 is 29.8 Å². The largest absolute Gasteiger partial charge is 0.509 e. The molecule has 0 saturated heterocycles. The van der Waals surface area contributed by atoms with Gasteiger partial charge in [0.05, 0.1) is 5.56 Å². The van der Waals surface area contributed by atoms with Gasteiger partial charge >= 0.3 is 12.9 Å². The van der Waals surface area contributed by atoms with Crippen LogP contribution in [0.5, 0.6) is 0 Å². The van der Waals surface area contributed by atoms with Gasteiger partial charge in [-0.25, -0.2) is 9.18 Å². The van der Waals surface area contributed by atoms with Crippen LogP contribution in [0.25, 0.3) is 0 Å². The van der Waals surface area contributed by atoms with Crippen molar-refractivity contribution in [3.8, 4) is 0 Å². The summed E-state index contributed by atoms with van der Waals surface area (Å²) in [5, 5.41) is 8.34. The van der Waals surface area contributed by atoms with Gasteiger partial charge < -0.3 is 18.1 Å². The van der Waals surface area contributed by atoms with Gasteiger partial charge in [0.2, 0.25) is 0 Å². The predicted molar refractivity (Wildman–Crippen MR) is 42.1 cm³/mol. The summed E-state index contributed by atoms with van der Waals surface area (Å²) in [6.07, 6.45) is 0. The van der Waals surface area contributed by atoms with E-state index in [1.807, 2.05) is 0 Å². The summed E-state index contributed by atoms with van der Waals surface area (Å²) < 4.78 is 48.9. The first kappa shape index (κ1) is 10.6. The van der Waals surface area contributed by atoms with Gasteiger partial charge in [0.15, 0.2) is 0 Å². The standard InChI is InChI=1S/C7H4BF4O2/c9-6-3-4(8(10,11)12)1-2-5(6)7(13)14/h1-3H,(H,13,14)/q-1. The Morgan fingerprint density at radius 2 is 1.86 bits per heavy atom. The topological polar surface area (TPSA) is 37.3 Å². The molecule has 0 heterocycles. The van der Waals surface area contributed by atoms with Crippen molar-refractivity contribution in [2.75, 3.05) is 0 Å². The van der Waals surface area contributed by atoms with Gasteiger partial charge in [-0.15, -0.1) is 5.46 Å². The van der Waals surface area contributed by atoms with Crippen molar-refractivity contribution in [1.29, 1.82) is 0 Å². The molecule has 0 aliphatic heterocycles. The second kappa shape index (κ2) is 3.32. The molecule has 0 aliphatic carbocycles. The zero-order valence-corrected chi connectivity index (χ0v) is 6.68. The van der Waals surface area contributed by atoms with Crippen LogP contribution in [0.2, 0.25) is 0 Å². The van der Waals surface area contributed by atoms with Crippen molar-refractivity contribution < 1.29 is 27.2 Å². The van der Waals surface area contributed by atoms with Crippen LogP contribution in [0.15, 0.2) is 18.2 Å².